The molecular weight excluding hydrogens is 404 g/mol. The number of fused-ring (bicyclic) bond motifs is 1. The molecule has 1 N–H and O–H groups in total. The molecule has 0 bridgehead atoms. The van der Waals surface area contributed by atoms with Crippen molar-refractivity contribution in [1.29, 1.82) is 0 Å². The van der Waals surface area contributed by atoms with E-state index in [2.05, 4.69) is 32.4 Å². The Morgan fingerprint density at radius 1 is 1.06 bits per heavy atom. The molecule has 0 unspecified atom stereocenters. The number of hydrogen-bond donors (Lipinski definition) is 1. The Labute approximate surface area is 187 Å². The van der Waals surface area contributed by atoms with Gasteiger partial charge in [-0.25, -0.2) is 15.0 Å². The Bertz CT molecular complexity index is 1220. The highest BCUT2D eigenvalue weighted by Crippen LogP contribution is 2.29. The van der Waals surface area contributed by atoms with Crippen LogP contribution in [0.25, 0.3) is 28.2 Å². The van der Waals surface area contributed by atoms with E-state index in [-0.39, 0.29) is 0 Å². The predicted octanol–water partition coefficient (Wildman–Crippen LogP) is 2.58. The zero-order valence-corrected chi connectivity index (χ0v) is 18.7. The third-order valence-corrected chi connectivity index (χ3v) is 5.99. The molecule has 1 aromatic carbocycles. The van der Waals surface area contributed by atoms with Crippen molar-refractivity contribution in [1.82, 2.24) is 34.2 Å². The molecule has 0 amide bonds. The van der Waals surface area contributed by atoms with Gasteiger partial charge in [0.15, 0.2) is 22.8 Å². The average molecular weight is 433 g/mol. The summed E-state index contributed by atoms with van der Waals surface area (Å²) in [7, 11) is 1.94. The van der Waals surface area contributed by atoms with Gasteiger partial charge >= 0.3 is 0 Å². The van der Waals surface area contributed by atoms with E-state index in [1.165, 1.54) is 0 Å². The van der Waals surface area contributed by atoms with Crippen molar-refractivity contribution in [2.45, 2.75) is 13.8 Å². The summed E-state index contributed by atoms with van der Waals surface area (Å²) in [6.45, 7) is 9.25. The van der Waals surface area contributed by atoms with Crippen LogP contribution in [0.3, 0.4) is 0 Å². The molecule has 0 atom stereocenters. The molecule has 1 aliphatic heterocycles. The SMILES string of the molecule is Cc1nn(C)c(C)c1-c1nc(NCCN2CCOCC2)c2ncn(-c3ccccc3)c2n1. The Morgan fingerprint density at radius 3 is 2.56 bits per heavy atom. The number of benzene rings is 1. The van der Waals surface area contributed by atoms with E-state index in [1.807, 2.05) is 54.7 Å². The van der Waals surface area contributed by atoms with Crippen LogP contribution in [-0.2, 0) is 11.8 Å². The van der Waals surface area contributed by atoms with Crippen LogP contribution in [0.15, 0.2) is 36.7 Å². The van der Waals surface area contributed by atoms with Crippen LogP contribution < -0.4 is 5.32 Å². The first-order valence-corrected chi connectivity index (χ1v) is 11.0. The molecule has 0 aliphatic carbocycles. The number of ether oxygens (including phenoxy) is 1. The zero-order chi connectivity index (χ0) is 22.1. The molecule has 1 saturated heterocycles. The Kier molecular flexibility index (Phi) is 5.59. The van der Waals surface area contributed by atoms with Gasteiger partial charge in [-0.1, -0.05) is 18.2 Å². The van der Waals surface area contributed by atoms with E-state index < -0.39 is 0 Å². The fraction of sp³-hybridized carbons (Fsp3) is 0.391. The molecule has 3 aromatic heterocycles. The largest absolute Gasteiger partial charge is 0.379 e. The van der Waals surface area contributed by atoms with Crippen LogP contribution in [0.2, 0.25) is 0 Å². The van der Waals surface area contributed by atoms with Gasteiger partial charge < -0.3 is 10.1 Å². The number of hydrogen-bond acceptors (Lipinski definition) is 7. The average Bonchev–Trinajstić information content (AvgIpc) is 3.35. The molecule has 0 spiro atoms. The van der Waals surface area contributed by atoms with Crippen molar-refractivity contribution in [2.75, 3.05) is 44.7 Å². The summed E-state index contributed by atoms with van der Waals surface area (Å²) in [6, 6.07) is 10.1. The Balaban J connectivity index is 1.56. The maximum absolute atomic E-state index is 5.45. The first-order chi connectivity index (χ1) is 15.6. The second kappa shape index (κ2) is 8.68. The molecule has 5 rings (SSSR count). The molecule has 1 fully saturated rings. The van der Waals surface area contributed by atoms with Crippen LogP contribution in [0.4, 0.5) is 5.82 Å². The van der Waals surface area contributed by atoms with Gasteiger partial charge in [-0.2, -0.15) is 5.10 Å². The third-order valence-electron chi connectivity index (χ3n) is 5.99. The number of imidazole rings is 1. The van der Waals surface area contributed by atoms with E-state index in [9.17, 15) is 0 Å². The van der Waals surface area contributed by atoms with Gasteiger partial charge in [-0.3, -0.25) is 14.1 Å². The topological polar surface area (TPSA) is 85.9 Å². The van der Waals surface area contributed by atoms with Crippen molar-refractivity contribution < 1.29 is 4.74 Å². The third kappa shape index (κ3) is 3.85. The lowest BCUT2D eigenvalue weighted by atomic mass is 10.2. The summed E-state index contributed by atoms with van der Waals surface area (Å²) in [4.78, 5) is 16.9. The monoisotopic (exact) mass is 432 g/mol. The number of para-hydroxylation sites is 1. The van der Waals surface area contributed by atoms with Crippen molar-refractivity contribution in [3.8, 4) is 17.1 Å². The molecule has 4 aromatic rings. The molecule has 1 aliphatic rings. The van der Waals surface area contributed by atoms with Gasteiger partial charge in [0, 0.05) is 44.6 Å². The normalized spacial score (nSPS) is 14.8. The molecule has 32 heavy (non-hydrogen) atoms. The maximum atomic E-state index is 5.45. The summed E-state index contributed by atoms with van der Waals surface area (Å²) in [5, 5.41) is 8.08. The van der Waals surface area contributed by atoms with E-state index in [0.29, 0.717) is 5.82 Å². The first-order valence-electron chi connectivity index (χ1n) is 11.0. The lowest BCUT2D eigenvalue weighted by molar-refractivity contribution is 0.0398. The van der Waals surface area contributed by atoms with Crippen LogP contribution in [0, 0.1) is 13.8 Å². The minimum Gasteiger partial charge on any atom is -0.379 e. The van der Waals surface area contributed by atoms with E-state index in [0.717, 1.165) is 79.0 Å². The molecular formula is C23H28N8O. The summed E-state index contributed by atoms with van der Waals surface area (Å²) in [5.74, 6) is 1.41. The van der Waals surface area contributed by atoms with Crippen molar-refractivity contribution >= 4 is 17.0 Å². The number of nitrogens with zero attached hydrogens (tertiary/aromatic N) is 7. The fourth-order valence-corrected chi connectivity index (χ4v) is 4.17. The van der Waals surface area contributed by atoms with E-state index in [4.69, 9.17) is 14.7 Å². The zero-order valence-electron chi connectivity index (χ0n) is 18.7. The Hall–Kier alpha value is -3.30. The number of morpholine rings is 1. The molecule has 166 valence electrons. The van der Waals surface area contributed by atoms with E-state index >= 15 is 0 Å². The maximum Gasteiger partial charge on any atom is 0.170 e. The number of anilines is 1. The van der Waals surface area contributed by atoms with Gasteiger partial charge in [0.1, 0.15) is 6.33 Å². The highest BCUT2D eigenvalue weighted by atomic mass is 16.5. The predicted molar refractivity (Wildman–Crippen MR) is 124 cm³/mol. The van der Waals surface area contributed by atoms with Crippen LogP contribution in [0.1, 0.15) is 11.4 Å². The van der Waals surface area contributed by atoms with Gasteiger partial charge in [-0.15, -0.1) is 0 Å². The van der Waals surface area contributed by atoms with Crippen LogP contribution >= 0.6 is 0 Å². The second-order valence-corrected chi connectivity index (χ2v) is 8.07. The quantitative estimate of drug-likeness (QED) is 0.501. The molecule has 0 saturated carbocycles. The molecule has 9 heteroatoms. The van der Waals surface area contributed by atoms with Gasteiger partial charge in [0.25, 0.3) is 0 Å². The standard InChI is InChI=1S/C23H28N8O/c1-16-19(17(2)29(3)28-16)21-26-22(24-9-10-30-11-13-32-14-12-30)20-23(27-21)31(15-25-20)18-7-5-4-6-8-18/h4-8,15H,9-14H2,1-3H3,(H,24,26,27). The first kappa shape index (κ1) is 20.6. The van der Waals surface area contributed by atoms with Gasteiger partial charge in [0.05, 0.1) is 24.5 Å². The van der Waals surface area contributed by atoms with Gasteiger partial charge in [-0.05, 0) is 26.0 Å². The van der Waals surface area contributed by atoms with Crippen molar-refractivity contribution in [3.05, 3.63) is 48.0 Å². The minimum atomic E-state index is 0.659. The smallest absolute Gasteiger partial charge is 0.170 e. The number of aromatic nitrogens is 6. The summed E-state index contributed by atoms with van der Waals surface area (Å²) in [6.07, 6.45) is 1.81. The van der Waals surface area contributed by atoms with Crippen molar-refractivity contribution in [3.63, 3.8) is 0 Å². The molecule has 9 nitrogen and oxygen atoms in total. The van der Waals surface area contributed by atoms with Crippen LogP contribution in [-0.4, -0.2) is 73.6 Å². The fourth-order valence-electron chi connectivity index (χ4n) is 4.17. The number of nitrogens with one attached hydrogen (secondary N) is 1. The highest BCUT2D eigenvalue weighted by molar-refractivity contribution is 5.86. The highest BCUT2D eigenvalue weighted by Gasteiger charge is 2.20. The molecule has 4 heterocycles. The number of rotatable bonds is 6. The van der Waals surface area contributed by atoms with Crippen molar-refractivity contribution in [2.24, 2.45) is 7.05 Å². The lowest BCUT2D eigenvalue weighted by Gasteiger charge is -2.26. The van der Waals surface area contributed by atoms with Gasteiger partial charge in [0.2, 0.25) is 0 Å². The minimum absolute atomic E-state index is 0.659. The second-order valence-electron chi connectivity index (χ2n) is 8.07. The summed E-state index contributed by atoms with van der Waals surface area (Å²) < 4.78 is 9.33. The number of aryl methyl sites for hydroxylation is 2. The Morgan fingerprint density at radius 2 is 1.84 bits per heavy atom. The summed E-state index contributed by atoms with van der Waals surface area (Å²) in [5.41, 5.74) is 5.46. The lowest BCUT2D eigenvalue weighted by Crippen LogP contribution is -2.39. The van der Waals surface area contributed by atoms with E-state index in [1.54, 1.807) is 0 Å². The summed E-state index contributed by atoms with van der Waals surface area (Å²) >= 11 is 0. The van der Waals surface area contributed by atoms with Crippen LogP contribution in [0.5, 0.6) is 0 Å². The molecule has 0 radical (unpaired) electrons.